The van der Waals surface area contributed by atoms with E-state index in [0.717, 1.165) is 12.8 Å². The Labute approximate surface area is 165 Å². The van der Waals surface area contributed by atoms with E-state index < -0.39 is 11.9 Å². The standard InChI is InChI=1S/C20H42O7/c1-7-22-19(23-8-2,24-9-3)15-13-17-21-18-14-16-20(25-10-4,26-11-5)27-12-6/h7-18H2,1-6H3. The summed E-state index contributed by atoms with van der Waals surface area (Å²) in [5, 5.41) is 0. The van der Waals surface area contributed by atoms with E-state index in [9.17, 15) is 0 Å². The van der Waals surface area contributed by atoms with E-state index in [1.54, 1.807) is 0 Å². The quantitative estimate of drug-likeness (QED) is 0.228. The first-order valence-corrected chi connectivity index (χ1v) is 10.5. The monoisotopic (exact) mass is 394 g/mol. The Morgan fingerprint density at radius 2 is 0.704 bits per heavy atom. The summed E-state index contributed by atoms with van der Waals surface area (Å²) in [7, 11) is 0. The van der Waals surface area contributed by atoms with Crippen LogP contribution in [0.15, 0.2) is 0 Å². The highest BCUT2D eigenvalue weighted by Gasteiger charge is 2.33. The fourth-order valence-corrected chi connectivity index (χ4v) is 2.89. The molecule has 7 nitrogen and oxygen atoms in total. The molecular formula is C20H42O7. The molecule has 0 unspecified atom stereocenters. The Morgan fingerprint density at radius 1 is 0.444 bits per heavy atom. The number of rotatable bonds is 20. The van der Waals surface area contributed by atoms with Gasteiger partial charge in [-0.25, -0.2) is 0 Å². The molecule has 0 fully saturated rings. The van der Waals surface area contributed by atoms with Crippen molar-refractivity contribution in [1.29, 1.82) is 0 Å². The van der Waals surface area contributed by atoms with Gasteiger partial charge in [-0.2, -0.15) is 0 Å². The van der Waals surface area contributed by atoms with Crippen LogP contribution in [0.3, 0.4) is 0 Å². The van der Waals surface area contributed by atoms with E-state index in [0.29, 0.717) is 65.7 Å². The lowest BCUT2D eigenvalue weighted by molar-refractivity contribution is -0.380. The minimum absolute atomic E-state index is 0.537. The van der Waals surface area contributed by atoms with Crippen LogP contribution < -0.4 is 0 Å². The van der Waals surface area contributed by atoms with Gasteiger partial charge in [-0.15, -0.1) is 0 Å². The van der Waals surface area contributed by atoms with Gasteiger partial charge in [0.25, 0.3) is 11.9 Å². The third-order valence-corrected chi connectivity index (χ3v) is 3.73. The number of hydrogen-bond donors (Lipinski definition) is 0. The maximum atomic E-state index is 5.76. The van der Waals surface area contributed by atoms with E-state index in [4.69, 9.17) is 33.2 Å². The largest absolute Gasteiger partial charge is 0.381 e. The lowest BCUT2D eigenvalue weighted by Crippen LogP contribution is -2.40. The van der Waals surface area contributed by atoms with Gasteiger partial charge in [0.2, 0.25) is 0 Å². The van der Waals surface area contributed by atoms with Crippen LogP contribution in [0.1, 0.15) is 67.2 Å². The first-order chi connectivity index (χ1) is 13.1. The molecule has 0 saturated carbocycles. The Kier molecular flexibility index (Phi) is 16.5. The molecule has 0 bridgehead atoms. The molecule has 0 aliphatic carbocycles. The summed E-state index contributed by atoms with van der Waals surface area (Å²) in [5.74, 6) is -1.93. The summed E-state index contributed by atoms with van der Waals surface area (Å²) >= 11 is 0. The second-order valence-electron chi connectivity index (χ2n) is 5.78. The predicted octanol–water partition coefficient (Wildman–Crippen LogP) is 4.09. The lowest BCUT2D eigenvalue weighted by Gasteiger charge is -2.32. The summed E-state index contributed by atoms with van der Waals surface area (Å²) in [4.78, 5) is 0. The highest BCUT2D eigenvalue weighted by Crippen LogP contribution is 2.23. The fourth-order valence-electron chi connectivity index (χ4n) is 2.89. The highest BCUT2D eigenvalue weighted by molar-refractivity contribution is 4.60. The maximum Gasteiger partial charge on any atom is 0.282 e. The molecule has 164 valence electrons. The number of ether oxygens (including phenoxy) is 7. The zero-order chi connectivity index (χ0) is 20.4. The van der Waals surface area contributed by atoms with E-state index in [1.807, 2.05) is 41.5 Å². The van der Waals surface area contributed by atoms with Crippen molar-refractivity contribution in [2.24, 2.45) is 0 Å². The van der Waals surface area contributed by atoms with Crippen LogP contribution in [0.2, 0.25) is 0 Å². The van der Waals surface area contributed by atoms with E-state index in [1.165, 1.54) is 0 Å². The Balaban J connectivity index is 4.24. The molecule has 0 amide bonds. The van der Waals surface area contributed by atoms with Crippen LogP contribution in [0, 0.1) is 0 Å². The maximum absolute atomic E-state index is 5.76. The Bertz CT molecular complexity index is 261. The minimum Gasteiger partial charge on any atom is -0.381 e. The highest BCUT2D eigenvalue weighted by atomic mass is 16.9. The van der Waals surface area contributed by atoms with Crippen LogP contribution in [-0.2, 0) is 33.2 Å². The Morgan fingerprint density at radius 3 is 0.926 bits per heavy atom. The molecule has 0 radical (unpaired) electrons. The molecule has 7 heteroatoms. The van der Waals surface area contributed by atoms with Gasteiger partial charge < -0.3 is 33.2 Å². The average Bonchev–Trinajstić information content (AvgIpc) is 2.62. The zero-order valence-electron chi connectivity index (χ0n) is 18.3. The van der Waals surface area contributed by atoms with E-state index >= 15 is 0 Å². The first-order valence-electron chi connectivity index (χ1n) is 10.5. The molecule has 0 aliphatic rings. The molecule has 0 saturated heterocycles. The normalized spacial score (nSPS) is 12.7. The van der Waals surface area contributed by atoms with Crippen molar-refractivity contribution in [2.75, 3.05) is 52.9 Å². The van der Waals surface area contributed by atoms with Gasteiger partial charge in [-0.1, -0.05) is 0 Å². The van der Waals surface area contributed by atoms with Gasteiger partial charge in [0.15, 0.2) is 0 Å². The van der Waals surface area contributed by atoms with Crippen molar-refractivity contribution in [1.82, 2.24) is 0 Å². The third-order valence-electron chi connectivity index (χ3n) is 3.73. The molecule has 0 aromatic rings. The molecule has 0 aromatic heterocycles. The molecule has 0 spiro atoms. The van der Waals surface area contributed by atoms with Crippen molar-refractivity contribution in [3.05, 3.63) is 0 Å². The summed E-state index contributed by atoms with van der Waals surface area (Å²) in [5.41, 5.74) is 0. The van der Waals surface area contributed by atoms with Crippen molar-refractivity contribution >= 4 is 0 Å². The lowest BCUT2D eigenvalue weighted by atomic mass is 10.2. The molecular weight excluding hydrogens is 352 g/mol. The van der Waals surface area contributed by atoms with Crippen LogP contribution in [0.25, 0.3) is 0 Å². The molecule has 0 atom stereocenters. The van der Waals surface area contributed by atoms with Crippen molar-refractivity contribution in [3.8, 4) is 0 Å². The topological polar surface area (TPSA) is 64.6 Å². The van der Waals surface area contributed by atoms with Gasteiger partial charge in [-0.3, -0.25) is 0 Å². The summed E-state index contributed by atoms with van der Waals surface area (Å²) in [6.45, 7) is 16.1. The summed E-state index contributed by atoms with van der Waals surface area (Å²) in [6, 6.07) is 0. The summed E-state index contributed by atoms with van der Waals surface area (Å²) in [6.07, 6.45) is 2.83. The number of hydrogen-bond acceptors (Lipinski definition) is 7. The molecule has 0 rings (SSSR count). The van der Waals surface area contributed by atoms with Crippen LogP contribution in [0.4, 0.5) is 0 Å². The van der Waals surface area contributed by atoms with E-state index in [-0.39, 0.29) is 0 Å². The van der Waals surface area contributed by atoms with Gasteiger partial charge in [0, 0.05) is 65.7 Å². The smallest absolute Gasteiger partial charge is 0.282 e. The van der Waals surface area contributed by atoms with Crippen molar-refractivity contribution in [3.63, 3.8) is 0 Å². The third kappa shape index (κ3) is 11.3. The minimum atomic E-state index is -0.963. The van der Waals surface area contributed by atoms with Crippen molar-refractivity contribution in [2.45, 2.75) is 79.2 Å². The fraction of sp³-hybridized carbons (Fsp3) is 1.00. The second-order valence-corrected chi connectivity index (χ2v) is 5.78. The molecule has 0 heterocycles. The molecule has 27 heavy (non-hydrogen) atoms. The van der Waals surface area contributed by atoms with E-state index in [2.05, 4.69) is 0 Å². The Hall–Kier alpha value is -0.280. The molecule has 0 aromatic carbocycles. The zero-order valence-corrected chi connectivity index (χ0v) is 18.3. The first kappa shape index (κ1) is 26.7. The van der Waals surface area contributed by atoms with Crippen LogP contribution in [-0.4, -0.2) is 64.8 Å². The van der Waals surface area contributed by atoms with Crippen molar-refractivity contribution < 1.29 is 33.2 Å². The molecule has 0 N–H and O–H groups in total. The summed E-state index contributed by atoms with van der Waals surface area (Å²) < 4.78 is 40.0. The van der Waals surface area contributed by atoms with Gasteiger partial charge in [-0.05, 0) is 54.4 Å². The van der Waals surface area contributed by atoms with Gasteiger partial charge in [0.05, 0.1) is 0 Å². The predicted molar refractivity (Wildman–Crippen MR) is 105 cm³/mol. The van der Waals surface area contributed by atoms with Gasteiger partial charge in [0.1, 0.15) is 0 Å². The van der Waals surface area contributed by atoms with Crippen LogP contribution in [0.5, 0.6) is 0 Å². The average molecular weight is 395 g/mol. The molecule has 0 aliphatic heterocycles. The van der Waals surface area contributed by atoms with Crippen LogP contribution >= 0.6 is 0 Å². The van der Waals surface area contributed by atoms with Gasteiger partial charge >= 0.3 is 0 Å². The SMILES string of the molecule is CCOC(CCCOCCCC(OCC)(OCC)OCC)(OCC)OCC. The second kappa shape index (κ2) is 16.7.